The number of carbonyl (C=O) groups is 14. The highest BCUT2D eigenvalue weighted by Gasteiger charge is 2.40. The van der Waals surface area contributed by atoms with E-state index in [2.05, 4.69) is 110 Å². The Bertz CT molecular complexity index is 3190. The molecule has 12 atom stereocenters. The minimum Gasteiger partial charge on any atom is -0.394 e. The summed E-state index contributed by atoms with van der Waals surface area (Å²) >= 11 is 8.34. The van der Waals surface area contributed by atoms with E-state index < -0.39 is 167 Å². The Morgan fingerprint density at radius 1 is 0.418 bits per heavy atom. The molecule has 110 heavy (non-hydrogen) atoms. The Morgan fingerprint density at radius 2 is 0.736 bits per heavy atom. The molecular formula is C70H125N23O15S2. The highest BCUT2D eigenvalue weighted by Crippen LogP contribution is 2.16. The lowest BCUT2D eigenvalue weighted by Crippen LogP contribution is -2.63. The maximum absolute atomic E-state index is 14.7. The molecule has 0 radical (unpaired) electrons. The number of unbranched alkanes of at least 4 members (excludes halogenated alkanes) is 2. The van der Waals surface area contributed by atoms with Crippen molar-refractivity contribution < 1.29 is 72.2 Å². The van der Waals surface area contributed by atoms with Gasteiger partial charge in [0.05, 0.1) is 6.61 Å². The van der Waals surface area contributed by atoms with Gasteiger partial charge in [-0.15, -0.1) is 0 Å². The third kappa shape index (κ3) is 39.0. The monoisotopic (exact) mass is 1590 g/mol. The highest BCUT2D eigenvalue weighted by molar-refractivity contribution is 7.80. The molecule has 14 amide bonds. The number of rotatable bonds is 54. The van der Waals surface area contributed by atoms with Crippen molar-refractivity contribution in [2.45, 2.75) is 244 Å². The van der Waals surface area contributed by atoms with Crippen molar-refractivity contribution in [1.82, 2.24) is 84.7 Å². The van der Waals surface area contributed by atoms with Gasteiger partial charge in [-0.25, -0.2) is 0 Å². The van der Waals surface area contributed by atoms with Crippen LogP contribution in [0.3, 0.4) is 0 Å². The first kappa shape index (κ1) is 98.9. The molecule has 1 aromatic rings. The zero-order valence-corrected chi connectivity index (χ0v) is 67.1. The number of primary amides is 1. The second kappa shape index (κ2) is 52.1. The number of amides is 14. The Balaban J connectivity index is 3.64. The molecule has 28 N–H and O–H groups in total. The van der Waals surface area contributed by atoms with E-state index in [1.54, 1.807) is 53.7 Å². The van der Waals surface area contributed by atoms with E-state index in [0.717, 1.165) is 0 Å². The highest BCUT2D eigenvalue weighted by atomic mass is 32.1. The van der Waals surface area contributed by atoms with Crippen LogP contribution in [-0.4, -0.2) is 227 Å². The number of guanidine groups is 2. The summed E-state index contributed by atoms with van der Waals surface area (Å²) in [6.07, 6.45) is 2.90. The number of aliphatic hydroxyl groups is 1. The molecule has 1 rings (SSSR count). The van der Waals surface area contributed by atoms with Gasteiger partial charge >= 0.3 is 0 Å². The van der Waals surface area contributed by atoms with Crippen LogP contribution >= 0.6 is 25.3 Å². The number of pyridine rings is 1. The van der Waals surface area contributed by atoms with Crippen LogP contribution in [0.1, 0.15) is 177 Å². The quantitative estimate of drug-likeness (QED) is 0.0127. The molecule has 0 aromatic carbocycles. The maximum atomic E-state index is 14.7. The molecule has 0 saturated carbocycles. The van der Waals surface area contributed by atoms with Gasteiger partial charge in [0.2, 0.25) is 76.8 Å². The average molecular weight is 1590 g/mol. The van der Waals surface area contributed by atoms with Crippen LogP contribution in [0.5, 0.6) is 0 Å². The standard InChI is InChI=1S/C70H125N23O15S2/c1-37(2)30-47(87-65(106)53(36-110)91-64(105)51(34-94)89-55(96)41(9)81-56(97)42-20-14-17-27-78-42)61(102)84-44(23-18-28-79-68(74)75)57(98)82-43(21-12-15-25-71)58(99)88-50(33-40(7)8)66(107)93-70(10,11)67(108)92-46(22-13-16-26-72)60(101)83-45(24-19-29-80-69(76)77)59(100)85-48(31-38(3)4)62(103)86-49(32-39(5)6)63(104)90-52(35-109)54(73)95/h14,17,20,27,37-41,43-53,94,109-110H,12-13,15-16,18-19,21-26,28-36,71-72H2,1-11H3,(H2,73,95)(H,81,97)(H,82,98)(H,83,101)(H,84,102)(H,85,100)(H,86,103)(H,87,106)(H,88,99)(H,89,96)(H,90,104)(H,91,105)(H,92,108)(H,93,107)(H4,74,75,79)(H4,76,77,80). The number of aliphatic hydroxyl groups excluding tert-OH is 1. The van der Waals surface area contributed by atoms with E-state index in [4.69, 9.17) is 39.5 Å². The van der Waals surface area contributed by atoms with Gasteiger partial charge < -0.3 is 114 Å². The zero-order valence-electron chi connectivity index (χ0n) is 65.3. The smallest absolute Gasteiger partial charge is 0.270 e. The normalized spacial score (nSPS) is 14.6. The van der Waals surface area contributed by atoms with Crippen LogP contribution in [0.25, 0.3) is 0 Å². The van der Waals surface area contributed by atoms with Gasteiger partial charge in [0.25, 0.3) is 5.91 Å². The number of nitrogens with zero attached hydrogens (tertiary/aromatic N) is 1. The van der Waals surface area contributed by atoms with Gasteiger partial charge in [-0.2, -0.15) is 25.3 Å². The van der Waals surface area contributed by atoms with Gasteiger partial charge in [0.15, 0.2) is 11.9 Å². The lowest BCUT2D eigenvalue weighted by molar-refractivity contribution is -0.138. The number of thiol groups is 2. The van der Waals surface area contributed by atoms with E-state index in [1.807, 2.05) is 13.8 Å². The van der Waals surface area contributed by atoms with E-state index in [-0.39, 0.29) is 150 Å². The molecule has 0 saturated heterocycles. The Labute approximate surface area is 655 Å². The van der Waals surface area contributed by atoms with E-state index >= 15 is 0 Å². The summed E-state index contributed by atoms with van der Waals surface area (Å²) in [4.78, 5) is 199. The van der Waals surface area contributed by atoms with E-state index in [9.17, 15) is 72.2 Å². The fourth-order valence-electron chi connectivity index (χ4n) is 10.9. The fourth-order valence-corrected chi connectivity index (χ4v) is 11.4. The van der Waals surface area contributed by atoms with Crippen LogP contribution in [0, 0.1) is 34.5 Å². The molecule has 622 valence electrons. The summed E-state index contributed by atoms with van der Waals surface area (Å²) in [6, 6.07) is -11.6. The number of aromatic nitrogens is 1. The van der Waals surface area contributed by atoms with Gasteiger partial charge in [-0.1, -0.05) is 61.5 Å². The predicted octanol–water partition coefficient (Wildman–Crippen LogP) is -4.27. The van der Waals surface area contributed by atoms with Gasteiger partial charge in [0.1, 0.15) is 83.7 Å². The van der Waals surface area contributed by atoms with Gasteiger partial charge in [0, 0.05) is 30.8 Å². The zero-order chi connectivity index (χ0) is 83.5. The van der Waals surface area contributed by atoms with Crippen molar-refractivity contribution in [2.24, 2.45) is 52.3 Å². The van der Waals surface area contributed by atoms with Crippen molar-refractivity contribution in [3.05, 3.63) is 30.1 Å². The molecule has 0 spiro atoms. The Hall–Kier alpha value is -9.15. The first-order valence-corrected chi connectivity index (χ1v) is 38.5. The fraction of sp³-hybridized carbons (Fsp3) is 0.700. The summed E-state index contributed by atoms with van der Waals surface area (Å²) in [6.45, 7) is 17.9. The van der Waals surface area contributed by atoms with Crippen molar-refractivity contribution in [1.29, 1.82) is 10.8 Å². The summed E-state index contributed by atoms with van der Waals surface area (Å²) in [5.74, 6) is -13.9. The molecular weight excluding hydrogens is 1470 g/mol. The first-order chi connectivity index (χ1) is 51.6. The Morgan fingerprint density at radius 3 is 1.07 bits per heavy atom. The second-order valence-corrected chi connectivity index (χ2v) is 29.9. The molecule has 0 aliphatic heterocycles. The molecule has 0 fully saturated rings. The summed E-state index contributed by atoms with van der Waals surface area (Å²) < 4.78 is 0. The molecule has 0 aliphatic rings. The first-order valence-electron chi connectivity index (χ1n) is 37.2. The number of nitrogens with one attached hydrogen (secondary N) is 17. The minimum absolute atomic E-state index is 0.00923. The molecule has 1 heterocycles. The van der Waals surface area contributed by atoms with Gasteiger partial charge in [-0.05, 0) is 160 Å². The lowest BCUT2D eigenvalue weighted by atomic mass is 9.98. The van der Waals surface area contributed by atoms with Crippen molar-refractivity contribution in [3.63, 3.8) is 0 Å². The van der Waals surface area contributed by atoms with E-state index in [1.165, 1.54) is 33.0 Å². The molecule has 0 aliphatic carbocycles. The van der Waals surface area contributed by atoms with Crippen LogP contribution < -0.4 is 108 Å². The van der Waals surface area contributed by atoms with Crippen LogP contribution in [0.15, 0.2) is 24.4 Å². The number of hydrogen-bond donors (Lipinski definition) is 25. The molecule has 12 unspecified atom stereocenters. The van der Waals surface area contributed by atoms with Crippen LogP contribution in [0.2, 0.25) is 0 Å². The minimum atomic E-state index is -1.84. The van der Waals surface area contributed by atoms with Crippen molar-refractivity contribution in [3.8, 4) is 0 Å². The SMILES string of the molecule is CC(C)CC(NC(=O)C(CC(C)C)NC(=O)C(CCCNC(=N)N)NC(=O)C(CCCCN)NC(=O)C(C)(C)NC(=O)C(CC(C)C)NC(=O)C(CCCCN)NC(=O)C(CCCNC(=N)N)NC(=O)C(CC(C)C)NC(=O)C(CS)NC(=O)C(CO)NC(=O)C(C)NC(=O)c1ccccn1)C(=O)NC(CS)C(N)=O. The summed E-state index contributed by atoms with van der Waals surface area (Å²) in [5.41, 5.74) is 26.4. The van der Waals surface area contributed by atoms with Crippen LogP contribution in [-0.2, 0) is 62.3 Å². The Kier molecular flexibility index (Phi) is 46.8. The van der Waals surface area contributed by atoms with Crippen molar-refractivity contribution >= 4 is 120 Å². The molecule has 0 bridgehead atoms. The largest absolute Gasteiger partial charge is 0.394 e. The predicted molar refractivity (Wildman–Crippen MR) is 421 cm³/mol. The maximum Gasteiger partial charge on any atom is 0.270 e. The average Bonchev–Trinajstić information content (AvgIpc) is 0.841. The number of carbonyl (C=O) groups excluding carboxylic acids is 14. The third-order valence-electron chi connectivity index (χ3n) is 16.9. The molecule has 40 heteroatoms. The molecule has 38 nitrogen and oxygen atoms in total. The van der Waals surface area contributed by atoms with Gasteiger partial charge in [-0.3, -0.25) is 82.9 Å². The van der Waals surface area contributed by atoms with Crippen molar-refractivity contribution in [2.75, 3.05) is 44.3 Å². The van der Waals surface area contributed by atoms with E-state index in [0.29, 0.717) is 19.3 Å². The topological polar surface area (TPSA) is 630 Å². The summed E-state index contributed by atoms with van der Waals surface area (Å²) in [5, 5.41) is 64.7. The van der Waals surface area contributed by atoms with Crippen LogP contribution in [0.4, 0.5) is 0 Å². The lowest BCUT2D eigenvalue weighted by Gasteiger charge is -2.32. The number of nitrogens with two attached hydrogens (primary N) is 5. The summed E-state index contributed by atoms with van der Waals surface area (Å²) in [7, 11) is 0. The third-order valence-corrected chi connectivity index (χ3v) is 17.6. The number of hydrogen-bond acceptors (Lipinski definition) is 22. The molecule has 1 aromatic heterocycles. The second-order valence-electron chi connectivity index (χ2n) is 29.2.